The van der Waals surface area contributed by atoms with Crippen molar-refractivity contribution in [2.45, 2.75) is 97.0 Å². The summed E-state index contributed by atoms with van der Waals surface area (Å²) in [6.07, 6.45) is 10.7. The van der Waals surface area contributed by atoms with Gasteiger partial charge in [-0.2, -0.15) is 0 Å². The fourth-order valence-corrected chi connectivity index (χ4v) is 4.77. The molecule has 0 radical (unpaired) electrons. The van der Waals surface area contributed by atoms with Crippen LogP contribution in [0.2, 0.25) is 0 Å². The number of allylic oxidation sites excluding steroid dienone is 1. The molecule has 29 heavy (non-hydrogen) atoms. The number of rotatable bonds is 13. The lowest BCUT2D eigenvalue weighted by atomic mass is 9.81. The highest BCUT2D eigenvalue weighted by molar-refractivity contribution is 6.21. The van der Waals surface area contributed by atoms with Gasteiger partial charge >= 0.3 is 5.97 Å². The van der Waals surface area contributed by atoms with Crippen LogP contribution in [-0.2, 0) is 14.3 Å². The first-order chi connectivity index (χ1) is 13.7. The molecule has 1 unspecified atom stereocenters. The van der Waals surface area contributed by atoms with Gasteiger partial charge in [0.1, 0.15) is 0 Å². The number of aliphatic hydroxyl groups excluding tert-OH is 1. The van der Waals surface area contributed by atoms with Crippen LogP contribution in [0.3, 0.4) is 0 Å². The number of carbonyl (C=O) groups is 2. The van der Waals surface area contributed by atoms with Crippen LogP contribution >= 0.6 is 11.6 Å². The summed E-state index contributed by atoms with van der Waals surface area (Å²) in [7, 11) is 1.43. The summed E-state index contributed by atoms with van der Waals surface area (Å²) in [6.45, 7) is 8.20. The van der Waals surface area contributed by atoms with Crippen molar-refractivity contribution in [3.63, 3.8) is 0 Å². The molecule has 4 nitrogen and oxygen atoms in total. The highest BCUT2D eigenvalue weighted by Crippen LogP contribution is 2.41. The van der Waals surface area contributed by atoms with Gasteiger partial charge in [-0.15, -0.1) is 11.6 Å². The highest BCUT2D eigenvalue weighted by Gasteiger charge is 2.40. The second kappa shape index (κ2) is 12.7. The van der Waals surface area contributed by atoms with Crippen molar-refractivity contribution in [1.82, 2.24) is 0 Å². The third-order valence-corrected chi connectivity index (χ3v) is 6.95. The van der Waals surface area contributed by atoms with Crippen molar-refractivity contribution in [3.8, 4) is 0 Å². The van der Waals surface area contributed by atoms with Crippen molar-refractivity contribution in [2.24, 2.45) is 23.2 Å². The quantitative estimate of drug-likeness (QED) is 0.232. The van der Waals surface area contributed by atoms with E-state index in [9.17, 15) is 14.7 Å². The molecule has 0 saturated heterocycles. The van der Waals surface area contributed by atoms with E-state index in [-0.39, 0.29) is 40.3 Å². The smallest absolute Gasteiger partial charge is 0.308 e. The summed E-state index contributed by atoms with van der Waals surface area (Å²) in [5, 5.41) is 10.4. The topological polar surface area (TPSA) is 63.6 Å². The van der Waals surface area contributed by atoms with E-state index in [0.717, 1.165) is 44.9 Å². The second-order valence-electron chi connectivity index (χ2n) is 9.21. The Morgan fingerprint density at radius 3 is 2.45 bits per heavy atom. The molecular formula is C24H41ClO4. The fraction of sp³-hybridized carbons (Fsp3) is 0.833. The second-order valence-corrected chi connectivity index (χ2v) is 9.77. The first kappa shape index (κ1) is 26.2. The van der Waals surface area contributed by atoms with Crippen molar-refractivity contribution < 1.29 is 19.4 Å². The molecule has 0 aromatic heterocycles. The molecule has 0 spiro atoms. The molecule has 0 heterocycles. The number of ketones is 1. The molecule has 0 aromatic rings. The normalized spacial score (nSPS) is 26.0. The van der Waals surface area contributed by atoms with Crippen molar-refractivity contribution in [1.29, 1.82) is 0 Å². The van der Waals surface area contributed by atoms with E-state index < -0.39 is 6.10 Å². The largest absolute Gasteiger partial charge is 0.469 e. The first-order valence-electron chi connectivity index (χ1n) is 11.3. The number of methoxy groups -OCH3 is 1. The molecule has 0 bridgehead atoms. The lowest BCUT2D eigenvalue weighted by Crippen LogP contribution is -2.25. The van der Waals surface area contributed by atoms with Gasteiger partial charge in [-0.3, -0.25) is 9.59 Å². The van der Waals surface area contributed by atoms with Crippen LogP contribution in [-0.4, -0.2) is 35.4 Å². The summed E-state index contributed by atoms with van der Waals surface area (Å²) >= 11 is 6.55. The third-order valence-electron chi connectivity index (χ3n) is 6.45. The van der Waals surface area contributed by atoms with E-state index in [4.69, 9.17) is 16.3 Å². The molecule has 0 aromatic carbocycles. The third kappa shape index (κ3) is 8.05. The van der Waals surface area contributed by atoms with Crippen LogP contribution in [0.5, 0.6) is 0 Å². The van der Waals surface area contributed by atoms with Gasteiger partial charge in [0, 0.05) is 16.7 Å². The van der Waals surface area contributed by atoms with Crippen LogP contribution in [0.1, 0.15) is 85.5 Å². The van der Waals surface area contributed by atoms with Crippen LogP contribution in [0.4, 0.5) is 0 Å². The van der Waals surface area contributed by atoms with Gasteiger partial charge in [-0.25, -0.2) is 0 Å². The lowest BCUT2D eigenvalue weighted by Gasteiger charge is -2.24. The number of unbranched alkanes of at least 4 members (excludes halogenated alkanes) is 2. The van der Waals surface area contributed by atoms with Crippen molar-refractivity contribution >= 4 is 23.4 Å². The number of hydrogen-bond acceptors (Lipinski definition) is 4. The van der Waals surface area contributed by atoms with Crippen LogP contribution in [0.15, 0.2) is 12.2 Å². The number of alkyl halides is 1. The standard InChI is InChI=1S/C24H41ClO4/c1-6-8-10-17(23(28)29-5)11-12-18-19(21(26)16-20(18)25)13-14-22(27)24(3,4)15-9-7-2/h13-14,17-21,26H,6-12,15-16H2,1-5H3/b14-13-/t17?,18-,19+,20+,21-/m1/s1. The van der Waals surface area contributed by atoms with Gasteiger partial charge in [0.05, 0.1) is 19.1 Å². The monoisotopic (exact) mass is 428 g/mol. The number of aliphatic hydroxyl groups is 1. The maximum absolute atomic E-state index is 12.7. The maximum Gasteiger partial charge on any atom is 0.308 e. The molecule has 1 saturated carbocycles. The summed E-state index contributed by atoms with van der Waals surface area (Å²) in [6, 6.07) is 0. The molecule has 1 fully saturated rings. The number of halogens is 1. The SMILES string of the molecule is CCCCC(CC[C@@H]1[C@H](/C=C\C(=O)C(C)(C)CCCC)[C@H](O)C[C@@H]1Cl)C(=O)OC. The number of carbonyl (C=O) groups excluding carboxylic acids is 2. The highest BCUT2D eigenvalue weighted by atomic mass is 35.5. The number of ether oxygens (including phenoxy) is 1. The number of esters is 1. The van der Waals surface area contributed by atoms with E-state index in [2.05, 4.69) is 13.8 Å². The predicted molar refractivity (Wildman–Crippen MR) is 119 cm³/mol. The Morgan fingerprint density at radius 1 is 1.21 bits per heavy atom. The molecule has 0 aliphatic heterocycles. The Bertz CT molecular complexity index is 543. The zero-order valence-electron chi connectivity index (χ0n) is 19.0. The summed E-state index contributed by atoms with van der Waals surface area (Å²) < 4.78 is 4.97. The van der Waals surface area contributed by atoms with Crippen molar-refractivity contribution in [2.75, 3.05) is 7.11 Å². The molecule has 1 N–H and O–H groups in total. The van der Waals surface area contributed by atoms with E-state index >= 15 is 0 Å². The Balaban J connectivity index is 2.80. The Labute approximate surface area is 182 Å². The molecule has 0 amide bonds. The van der Waals surface area contributed by atoms with Gasteiger partial charge in [-0.05, 0) is 44.1 Å². The van der Waals surface area contributed by atoms with Crippen LogP contribution in [0.25, 0.3) is 0 Å². The minimum atomic E-state index is -0.544. The van der Waals surface area contributed by atoms with E-state index in [0.29, 0.717) is 12.8 Å². The first-order valence-corrected chi connectivity index (χ1v) is 11.7. The van der Waals surface area contributed by atoms with E-state index in [1.807, 2.05) is 19.9 Å². The van der Waals surface area contributed by atoms with Crippen molar-refractivity contribution in [3.05, 3.63) is 12.2 Å². The Hall–Kier alpha value is -0.870. The molecular weight excluding hydrogens is 388 g/mol. The average Bonchev–Trinajstić information content (AvgIpc) is 2.96. The number of hydrogen-bond donors (Lipinski definition) is 1. The summed E-state index contributed by atoms with van der Waals surface area (Å²) in [4.78, 5) is 24.8. The molecule has 1 aliphatic carbocycles. The van der Waals surface area contributed by atoms with E-state index in [1.54, 1.807) is 6.08 Å². The van der Waals surface area contributed by atoms with Crippen LogP contribution < -0.4 is 0 Å². The maximum atomic E-state index is 12.7. The molecule has 5 atom stereocenters. The van der Waals surface area contributed by atoms with Gasteiger partial charge in [0.25, 0.3) is 0 Å². The fourth-order valence-electron chi connectivity index (χ4n) is 4.29. The average molecular weight is 429 g/mol. The summed E-state index contributed by atoms with van der Waals surface area (Å²) in [5.74, 6) is -0.273. The molecule has 168 valence electrons. The minimum absolute atomic E-state index is 0.0586. The molecule has 1 rings (SSSR count). The summed E-state index contributed by atoms with van der Waals surface area (Å²) in [5.41, 5.74) is -0.387. The zero-order chi connectivity index (χ0) is 22.0. The van der Waals surface area contributed by atoms with Crippen LogP contribution in [0, 0.1) is 23.2 Å². The van der Waals surface area contributed by atoms with Gasteiger partial charge in [0.2, 0.25) is 0 Å². The minimum Gasteiger partial charge on any atom is -0.469 e. The Morgan fingerprint density at radius 2 is 1.86 bits per heavy atom. The lowest BCUT2D eigenvalue weighted by molar-refractivity contribution is -0.146. The molecule has 5 heteroatoms. The van der Waals surface area contributed by atoms with Gasteiger partial charge in [0.15, 0.2) is 5.78 Å². The predicted octanol–water partition coefficient (Wildman–Crippen LogP) is 5.69. The Kier molecular flexibility index (Phi) is 11.5. The zero-order valence-corrected chi connectivity index (χ0v) is 19.7. The molecule has 1 aliphatic rings. The van der Waals surface area contributed by atoms with Gasteiger partial charge in [-0.1, -0.05) is 59.5 Å². The van der Waals surface area contributed by atoms with E-state index in [1.165, 1.54) is 7.11 Å². The van der Waals surface area contributed by atoms with Gasteiger partial charge < -0.3 is 9.84 Å².